The largest absolute Gasteiger partial charge is 0.497 e. The van der Waals surface area contributed by atoms with E-state index in [9.17, 15) is 14.4 Å². The highest BCUT2D eigenvalue weighted by atomic mass is 16.5. The molecule has 0 aliphatic carbocycles. The first kappa shape index (κ1) is 22.0. The monoisotopic (exact) mass is 481 g/mol. The summed E-state index contributed by atoms with van der Waals surface area (Å²) in [7, 11) is 3.05. The van der Waals surface area contributed by atoms with Crippen molar-refractivity contribution in [3.63, 3.8) is 0 Å². The molecule has 0 N–H and O–H groups in total. The van der Waals surface area contributed by atoms with Crippen LogP contribution in [0, 0.1) is 11.8 Å². The number of hydrazone groups is 1. The maximum Gasteiger partial charge on any atom is 0.240 e. The molecule has 36 heavy (non-hydrogen) atoms. The molecule has 3 aromatic carbocycles. The van der Waals surface area contributed by atoms with Crippen LogP contribution in [0.1, 0.15) is 27.5 Å². The van der Waals surface area contributed by atoms with Gasteiger partial charge in [0, 0.05) is 5.56 Å². The molecule has 0 saturated carbocycles. The van der Waals surface area contributed by atoms with Gasteiger partial charge in [0.15, 0.2) is 5.78 Å². The van der Waals surface area contributed by atoms with E-state index in [1.54, 1.807) is 66.9 Å². The predicted octanol–water partition coefficient (Wildman–Crippen LogP) is 3.47. The van der Waals surface area contributed by atoms with Crippen molar-refractivity contribution in [3.05, 3.63) is 89.5 Å². The van der Waals surface area contributed by atoms with Gasteiger partial charge in [0.25, 0.3) is 0 Å². The number of para-hydroxylation sites is 2. The van der Waals surface area contributed by atoms with Crippen molar-refractivity contribution in [3.8, 4) is 11.5 Å². The molecule has 4 atom stereocenters. The number of carbonyl (C=O) groups excluding carboxylic acids is 3. The average molecular weight is 482 g/mol. The van der Waals surface area contributed by atoms with Crippen LogP contribution in [-0.4, -0.2) is 49.1 Å². The van der Waals surface area contributed by atoms with Crippen molar-refractivity contribution in [1.82, 2.24) is 5.01 Å². The number of rotatable bonds is 5. The summed E-state index contributed by atoms with van der Waals surface area (Å²) in [6.07, 6.45) is 1.69. The van der Waals surface area contributed by atoms with Crippen LogP contribution >= 0.6 is 0 Å². The van der Waals surface area contributed by atoms with Crippen LogP contribution in [0.3, 0.4) is 0 Å². The minimum Gasteiger partial charge on any atom is -0.497 e. The van der Waals surface area contributed by atoms with E-state index in [-0.39, 0.29) is 11.7 Å². The van der Waals surface area contributed by atoms with Crippen LogP contribution in [0.2, 0.25) is 0 Å². The summed E-state index contributed by atoms with van der Waals surface area (Å²) in [5.41, 5.74) is 2.53. The Bertz CT molecular complexity index is 1420. The third kappa shape index (κ3) is 3.07. The molecule has 0 spiro atoms. The molecule has 6 rings (SSSR count). The zero-order chi connectivity index (χ0) is 25.0. The number of amides is 2. The molecule has 2 fully saturated rings. The average Bonchev–Trinajstić information content (AvgIpc) is 3.40. The number of anilines is 1. The van der Waals surface area contributed by atoms with Crippen molar-refractivity contribution in [2.24, 2.45) is 16.9 Å². The van der Waals surface area contributed by atoms with Gasteiger partial charge in [-0.05, 0) is 47.5 Å². The second-order valence-electron chi connectivity index (χ2n) is 8.97. The number of methoxy groups -OCH3 is 2. The highest BCUT2D eigenvalue weighted by molar-refractivity contribution is 6.25. The van der Waals surface area contributed by atoms with Gasteiger partial charge in [-0.25, -0.2) is 4.90 Å². The zero-order valence-corrected chi connectivity index (χ0v) is 19.7. The molecule has 2 saturated heterocycles. The first-order valence-corrected chi connectivity index (χ1v) is 11.7. The Hall–Kier alpha value is -4.46. The quantitative estimate of drug-likeness (QED) is 0.410. The van der Waals surface area contributed by atoms with E-state index in [4.69, 9.17) is 9.47 Å². The van der Waals surface area contributed by atoms with Crippen LogP contribution in [0.25, 0.3) is 0 Å². The second-order valence-corrected chi connectivity index (χ2v) is 8.97. The minimum atomic E-state index is -0.936. The minimum absolute atomic E-state index is 0.269. The summed E-state index contributed by atoms with van der Waals surface area (Å²) < 4.78 is 10.7. The summed E-state index contributed by atoms with van der Waals surface area (Å²) in [5, 5.41) is 6.24. The molecule has 8 heteroatoms. The molecule has 0 radical (unpaired) electrons. The third-order valence-corrected chi connectivity index (χ3v) is 7.26. The Labute approximate surface area is 207 Å². The Kier molecular flexibility index (Phi) is 5.10. The van der Waals surface area contributed by atoms with Gasteiger partial charge in [-0.15, -0.1) is 0 Å². The first-order valence-electron chi connectivity index (χ1n) is 11.7. The maximum absolute atomic E-state index is 14.0. The van der Waals surface area contributed by atoms with Gasteiger partial charge >= 0.3 is 0 Å². The van der Waals surface area contributed by atoms with Gasteiger partial charge < -0.3 is 9.47 Å². The number of hydrogen-bond donors (Lipinski definition) is 0. The highest BCUT2D eigenvalue weighted by Crippen LogP contribution is 2.53. The number of ether oxygens (including phenoxy) is 2. The lowest BCUT2D eigenvalue weighted by Crippen LogP contribution is -2.44. The van der Waals surface area contributed by atoms with E-state index in [0.717, 1.165) is 11.1 Å². The molecular formula is C28H23N3O5. The molecule has 3 aliphatic heterocycles. The normalized spacial score (nSPS) is 23.8. The predicted molar refractivity (Wildman–Crippen MR) is 132 cm³/mol. The number of benzene rings is 3. The zero-order valence-electron chi connectivity index (χ0n) is 19.7. The van der Waals surface area contributed by atoms with Crippen LogP contribution in [0.15, 0.2) is 77.9 Å². The molecule has 0 bridgehead atoms. The number of hydrogen-bond acceptors (Lipinski definition) is 7. The molecule has 8 nitrogen and oxygen atoms in total. The van der Waals surface area contributed by atoms with Crippen molar-refractivity contribution < 1.29 is 23.9 Å². The number of Topliss-reactive ketones (excluding diaryl/α,β-unsaturated/α-hetero) is 1. The fraction of sp³-hybridized carbons (Fsp3) is 0.214. The summed E-state index contributed by atoms with van der Waals surface area (Å²) in [5.74, 6) is -1.69. The second kappa shape index (κ2) is 8.34. The number of ketones is 1. The fourth-order valence-electron chi connectivity index (χ4n) is 5.65. The first-order chi connectivity index (χ1) is 17.5. The van der Waals surface area contributed by atoms with E-state index in [0.29, 0.717) is 22.7 Å². The van der Waals surface area contributed by atoms with Gasteiger partial charge in [-0.1, -0.05) is 36.4 Å². The number of fused-ring (bicyclic) bond motifs is 5. The van der Waals surface area contributed by atoms with E-state index in [1.165, 1.54) is 12.0 Å². The molecule has 3 aliphatic rings. The summed E-state index contributed by atoms with van der Waals surface area (Å²) >= 11 is 0. The van der Waals surface area contributed by atoms with Crippen LogP contribution in [-0.2, 0) is 9.59 Å². The molecule has 180 valence electrons. The summed E-state index contributed by atoms with van der Waals surface area (Å²) in [4.78, 5) is 43.0. The van der Waals surface area contributed by atoms with E-state index in [1.807, 2.05) is 24.3 Å². The number of carbonyl (C=O) groups is 3. The molecule has 3 heterocycles. The van der Waals surface area contributed by atoms with Crippen molar-refractivity contribution in [2.45, 2.75) is 12.1 Å². The van der Waals surface area contributed by atoms with Gasteiger partial charge in [-0.3, -0.25) is 19.4 Å². The standard InChI is InChI=1S/C28H23N3O5/c1-35-18-13-11-16(12-14-18)26(32)25-23-22(24-19-8-4-3-7-17(19)15-29-31(24)25)27(33)30(28(23)34)20-9-5-6-10-21(20)36-2/h3-15,22-25H,1-2H3/t22-,23+,24?,25-/m1/s1. The smallest absolute Gasteiger partial charge is 0.240 e. The Morgan fingerprint density at radius 3 is 2.28 bits per heavy atom. The number of imide groups is 1. The Morgan fingerprint density at radius 2 is 1.53 bits per heavy atom. The van der Waals surface area contributed by atoms with Gasteiger partial charge in [0.05, 0.1) is 44.0 Å². The lowest BCUT2D eigenvalue weighted by Gasteiger charge is -2.34. The van der Waals surface area contributed by atoms with Crippen LogP contribution < -0.4 is 14.4 Å². The molecule has 0 aromatic heterocycles. The molecular weight excluding hydrogens is 458 g/mol. The topological polar surface area (TPSA) is 88.5 Å². The lowest BCUT2D eigenvalue weighted by molar-refractivity contribution is -0.124. The van der Waals surface area contributed by atoms with Gasteiger partial charge in [-0.2, -0.15) is 5.10 Å². The highest BCUT2D eigenvalue weighted by Gasteiger charge is 2.65. The van der Waals surface area contributed by atoms with Crippen molar-refractivity contribution >= 4 is 29.5 Å². The molecule has 1 unspecified atom stereocenters. The van der Waals surface area contributed by atoms with Crippen molar-refractivity contribution in [1.29, 1.82) is 0 Å². The Morgan fingerprint density at radius 1 is 0.833 bits per heavy atom. The van der Waals surface area contributed by atoms with E-state index in [2.05, 4.69) is 5.10 Å². The molecule has 2 amide bonds. The van der Waals surface area contributed by atoms with Gasteiger partial charge in [0.2, 0.25) is 11.8 Å². The van der Waals surface area contributed by atoms with Crippen LogP contribution in [0.4, 0.5) is 5.69 Å². The summed E-state index contributed by atoms with van der Waals surface area (Å²) in [6.45, 7) is 0. The number of nitrogens with zero attached hydrogens (tertiary/aromatic N) is 3. The third-order valence-electron chi connectivity index (χ3n) is 7.26. The van der Waals surface area contributed by atoms with Gasteiger partial charge in [0.1, 0.15) is 17.5 Å². The maximum atomic E-state index is 14.0. The fourth-order valence-corrected chi connectivity index (χ4v) is 5.65. The SMILES string of the molecule is COc1ccc(C(=O)[C@H]2[C@H]3C(=O)N(c4ccccc4OC)C(=O)[C@H]3C3c4ccccc4C=NN32)cc1. The Balaban J connectivity index is 1.49. The summed E-state index contributed by atoms with van der Waals surface area (Å²) in [6, 6.07) is 19.8. The van der Waals surface area contributed by atoms with E-state index >= 15 is 0 Å². The molecule has 3 aromatic rings. The van der Waals surface area contributed by atoms with Crippen LogP contribution in [0.5, 0.6) is 11.5 Å². The lowest BCUT2D eigenvalue weighted by atomic mass is 9.83. The van der Waals surface area contributed by atoms with E-state index < -0.39 is 29.8 Å². The van der Waals surface area contributed by atoms with Crippen molar-refractivity contribution in [2.75, 3.05) is 19.1 Å².